The summed E-state index contributed by atoms with van der Waals surface area (Å²) in [4.78, 5) is 4.31. The van der Waals surface area contributed by atoms with Gasteiger partial charge in [0.1, 0.15) is 6.33 Å². The van der Waals surface area contributed by atoms with Crippen LogP contribution in [-0.2, 0) is 0 Å². The van der Waals surface area contributed by atoms with Gasteiger partial charge in [-0.1, -0.05) is 48.5 Å². The number of aromatic nitrogens is 3. The predicted molar refractivity (Wildman–Crippen MR) is 66.8 cm³/mol. The van der Waals surface area contributed by atoms with Gasteiger partial charge in [-0.2, -0.15) is 5.10 Å². The highest BCUT2D eigenvalue weighted by Crippen LogP contribution is 2.18. The molecule has 3 nitrogen and oxygen atoms in total. The Balaban J connectivity index is 2.13. The van der Waals surface area contributed by atoms with E-state index in [4.69, 9.17) is 0 Å². The van der Waals surface area contributed by atoms with E-state index in [0.29, 0.717) is 0 Å². The summed E-state index contributed by atoms with van der Waals surface area (Å²) in [5.74, 6) is 0.858. The van der Waals surface area contributed by atoms with Crippen molar-refractivity contribution in [1.29, 1.82) is 0 Å². The van der Waals surface area contributed by atoms with Gasteiger partial charge < -0.3 is 0 Å². The zero-order valence-corrected chi connectivity index (χ0v) is 9.19. The summed E-state index contributed by atoms with van der Waals surface area (Å²) in [6.45, 7) is 0. The van der Waals surface area contributed by atoms with E-state index in [-0.39, 0.29) is 0 Å². The molecule has 0 N–H and O–H groups in total. The second kappa shape index (κ2) is 4.22. The summed E-state index contributed by atoms with van der Waals surface area (Å²) in [5.41, 5.74) is 2.08. The number of para-hydroxylation sites is 1. The highest BCUT2D eigenvalue weighted by atomic mass is 15.3. The van der Waals surface area contributed by atoms with Gasteiger partial charge in [-0.15, -0.1) is 0 Å². The van der Waals surface area contributed by atoms with Gasteiger partial charge in [0, 0.05) is 5.56 Å². The molecule has 17 heavy (non-hydrogen) atoms. The minimum atomic E-state index is 0.858. The predicted octanol–water partition coefficient (Wildman–Crippen LogP) is 2.93. The van der Waals surface area contributed by atoms with Gasteiger partial charge in [0.05, 0.1) is 5.69 Å². The molecule has 0 fully saturated rings. The molecule has 0 unspecified atom stereocenters. The maximum Gasteiger partial charge on any atom is 0.163 e. The monoisotopic (exact) mass is 221 g/mol. The molecule has 0 aliphatic heterocycles. The summed E-state index contributed by atoms with van der Waals surface area (Å²) >= 11 is 0. The van der Waals surface area contributed by atoms with E-state index in [0.717, 1.165) is 17.1 Å². The molecular weight excluding hydrogens is 210 g/mol. The van der Waals surface area contributed by atoms with E-state index in [2.05, 4.69) is 10.1 Å². The fourth-order valence-corrected chi connectivity index (χ4v) is 1.78. The third-order valence-corrected chi connectivity index (χ3v) is 2.58. The Kier molecular flexibility index (Phi) is 2.43. The Labute approximate surface area is 99.4 Å². The lowest BCUT2D eigenvalue weighted by molar-refractivity contribution is 0.887. The van der Waals surface area contributed by atoms with E-state index in [1.165, 1.54) is 0 Å². The first-order valence-electron chi connectivity index (χ1n) is 5.46. The average Bonchev–Trinajstić information content (AvgIpc) is 2.90. The van der Waals surface area contributed by atoms with Gasteiger partial charge in [-0.25, -0.2) is 9.67 Å². The molecule has 3 rings (SSSR count). The fourth-order valence-electron chi connectivity index (χ4n) is 1.78. The van der Waals surface area contributed by atoms with Crippen molar-refractivity contribution in [3.05, 3.63) is 67.0 Å². The second-order valence-corrected chi connectivity index (χ2v) is 3.70. The quantitative estimate of drug-likeness (QED) is 0.666. The number of rotatable bonds is 2. The Morgan fingerprint density at radius 1 is 0.765 bits per heavy atom. The van der Waals surface area contributed by atoms with Gasteiger partial charge in [0.15, 0.2) is 5.82 Å². The summed E-state index contributed by atoms with van der Waals surface area (Å²) in [6, 6.07) is 20.1. The highest BCUT2D eigenvalue weighted by Gasteiger charge is 2.07. The second-order valence-electron chi connectivity index (χ2n) is 3.70. The summed E-state index contributed by atoms with van der Waals surface area (Å²) in [6.07, 6.45) is 1.58. The molecule has 0 radical (unpaired) electrons. The first kappa shape index (κ1) is 9.78. The first-order chi connectivity index (χ1) is 8.45. The lowest BCUT2D eigenvalue weighted by Crippen LogP contribution is -1.98. The lowest BCUT2D eigenvalue weighted by atomic mass is 10.2. The number of hydrogen-bond donors (Lipinski definition) is 0. The molecular formula is C14H11N3. The largest absolute Gasteiger partial charge is 0.215 e. The molecule has 1 heterocycles. The summed E-state index contributed by atoms with van der Waals surface area (Å²) in [7, 11) is 0. The van der Waals surface area contributed by atoms with Crippen LogP contribution in [0.4, 0.5) is 0 Å². The fraction of sp³-hybridized carbons (Fsp3) is 0. The van der Waals surface area contributed by atoms with Crippen LogP contribution in [0.15, 0.2) is 67.0 Å². The van der Waals surface area contributed by atoms with E-state index < -0.39 is 0 Å². The summed E-state index contributed by atoms with van der Waals surface area (Å²) < 4.78 is 1.84. The van der Waals surface area contributed by atoms with Crippen LogP contribution in [0.25, 0.3) is 17.1 Å². The Morgan fingerprint density at radius 2 is 1.41 bits per heavy atom. The van der Waals surface area contributed by atoms with Crippen molar-refractivity contribution in [2.75, 3.05) is 0 Å². The number of hydrogen-bond acceptors (Lipinski definition) is 2. The van der Waals surface area contributed by atoms with Crippen molar-refractivity contribution in [2.45, 2.75) is 0 Å². The van der Waals surface area contributed by atoms with Crippen LogP contribution in [0.1, 0.15) is 0 Å². The van der Waals surface area contributed by atoms with Gasteiger partial charge in [0.2, 0.25) is 0 Å². The number of benzene rings is 2. The summed E-state index contributed by atoms with van der Waals surface area (Å²) in [5, 5.41) is 4.27. The molecule has 0 amide bonds. The molecule has 3 aromatic rings. The van der Waals surface area contributed by atoms with Crippen molar-refractivity contribution < 1.29 is 0 Å². The number of nitrogens with zero attached hydrogens (tertiary/aromatic N) is 3. The van der Waals surface area contributed by atoms with Crippen LogP contribution in [0.3, 0.4) is 0 Å². The van der Waals surface area contributed by atoms with Gasteiger partial charge >= 0.3 is 0 Å². The van der Waals surface area contributed by atoms with E-state index in [9.17, 15) is 0 Å². The highest BCUT2D eigenvalue weighted by molar-refractivity contribution is 5.57. The minimum Gasteiger partial charge on any atom is -0.215 e. The van der Waals surface area contributed by atoms with Crippen molar-refractivity contribution in [2.24, 2.45) is 0 Å². The molecule has 0 saturated heterocycles. The van der Waals surface area contributed by atoms with Gasteiger partial charge in [0.25, 0.3) is 0 Å². The Bertz CT molecular complexity index is 546. The van der Waals surface area contributed by atoms with Crippen molar-refractivity contribution in [3.63, 3.8) is 0 Å². The molecule has 0 atom stereocenters. The van der Waals surface area contributed by atoms with Crippen LogP contribution in [0.5, 0.6) is 0 Å². The smallest absolute Gasteiger partial charge is 0.163 e. The lowest BCUT2D eigenvalue weighted by Gasteiger charge is -2.05. The van der Waals surface area contributed by atoms with E-state index in [1.807, 2.05) is 65.3 Å². The van der Waals surface area contributed by atoms with Crippen LogP contribution < -0.4 is 0 Å². The first-order valence-corrected chi connectivity index (χ1v) is 5.46. The minimum absolute atomic E-state index is 0.858. The Morgan fingerprint density at radius 3 is 2.12 bits per heavy atom. The molecule has 1 aromatic heterocycles. The average molecular weight is 221 g/mol. The topological polar surface area (TPSA) is 30.7 Å². The van der Waals surface area contributed by atoms with E-state index in [1.54, 1.807) is 6.33 Å². The molecule has 2 aromatic carbocycles. The SMILES string of the molecule is c1ccc(-c2ncnn2-c2ccccc2)cc1. The third-order valence-electron chi connectivity index (χ3n) is 2.58. The van der Waals surface area contributed by atoms with Crippen molar-refractivity contribution in [3.8, 4) is 17.1 Å². The maximum absolute atomic E-state index is 4.31. The molecule has 3 heteroatoms. The molecule has 0 saturated carbocycles. The van der Waals surface area contributed by atoms with Crippen LogP contribution in [0.2, 0.25) is 0 Å². The molecule has 0 bridgehead atoms. The standard InChI is InChI=1S/C14H11N3/c1-3-7-12(8-4-1)14-15-11-16-17(14)13-9-5-2-6-10-13/h1-11H. The van der Waals surface area contributed by atoms with Crippen molar-refractivity contribution in [1.82, 2.24) is 14.8 Å². The van der Waals surface area contributed by atoms with Crippen LogP contribution >= 0.6 is 0 Å². The van der Waals surface area contributed by atoms with Gasteiger partial charge in [-0.3, -0.25) is 0 Å². The zero-order valence-electron chi connectivity index (χ0n) is 9.19. The Hall–Kier alpha value is -2.42. The van der Waals surface area contributed by atoms with Gasteiger partial charge in [-0.05, 0) is 12.1 Å². The molecule has 0 aliphatic rings. The maximum atomic E-state index is 4.31. The zero-order chi connectivity index (χ0) is 11.5. The molecule has 0 aliphatic carbocycles. The third kappa shape index (κ3) is 1.83. The molecule has 0 spiro atoms. The van der Waals surface area contributed by atoms with Crippen LogP contribution in [0, 0.1) is 0 Å². The normalized spacial score (nSPS) is 10.4. The van der Waals surface area contributed by atoms with Crippen LogP contribution in [-0.4, -0.2) is 14.8 Å². The van der Waals surface area contributed by atoms with Crippen molar-refractivity contribution >= 4 is 0 Å². The molecule has 82 valence electrons. The van der Waals surface area contributed by atoms with E-state index >= 15 is 0 Å².